The van der Waals surface area contributed by atoms with Crippen molar-refractivity contribution in [3.05, 3.63) is 11.9 Å². The minimum atomic E-state index is -4.61. The van der Waals surface area contributed by atoms with E-state index in [0.717, 1.165) is 51.6 Å². The molecule has 2 heterocycles. The van der Waals surface area contributed by atoms with E-state index in [-0.39, 0.29) is 29.3 Å². The van der Waals surface area contributed by atoms with Gasteiger partial charge in [-0.05, 0) is 44.4 Å². The molecule has 31 heavy (non-hydrogen) atoms. The minimum Gasteiger partial charge on any atom is -0.474 e. The fourth-order valence-corrected chi connectivity index (χ4v) is 4.68. The molecular weight excluding hydrogens is 407 g/mol. The molecule has 4 rings (SSSR count). The van der Waals surface area contributed by atoms with Crippen LogP contribution in [0.4, 0.5) is 19.0 Å². The van der Waals surface area contributed by atoms with Gasteiger partial charge in [-0.1, -0.05) is 13.8 Å². The lowest BCUT2D eigenvalue weighted by Gasteiger charge is -2.56. The Bertz CT molecular complexity index is 819. The highest BCUT2D eigenvalue weighted by Gasteiger charge is 2.47. The molecule has 0 spiro atoms. The molecule has 1 saturated heterocycles. The van der Waals surface area contributed by atoms with Gasteiger partial charge in [-0.15, -0.1) is 0 Å². The summed E-state index contributed by atoms with van der Waals surface area (Å²) in [6.45, 7) is 6.27. The summed E-state index contributed by atoms with van der Waals surface area (Å²) in [5.41, 5.74) is 0.0992. The van der Waals surface area contributed by atoms with Crippen LogP contribution in [0.1, 0.15) is 64.6 Å². The van der Waals surface area contributed by atoms with E-state index in [9.17, 15) is 13.2 Å². The maximum absolute atomic E-state index is 13.2. The van der Waals surface area contributed by atoms with Gasteiger partial charge < -0.3 is 10.1 Å². The molecule has 0 unspecified atom stereocenters. The first-order valence-corrected chi connectivity index (χ1v) is 11.2. The molecule has 0 bridgehead atoms. The lowest BCUT2D eigenvalue weighted by molar-refractivity contribution is -0.145. The van der Waals surface area contributed by atoms with Crippen LogP contribution >= 0.6 is 0 Å². The third kappa shape index (κ3) is 5.05. The first-order chi connectivity index (χ1) is 14.7. The second kappa shape index (κ2) is 8.45. The van der Waals surface area contributed by atoms with Gasteiger partial charge in [-0.2, -0.15) is 23.4 Å². The molecule has 1 aromatic rings. The molecule has 0 aromatic carbocycles. The highest BCUT2D eigenvalue weighted by atomic mass is 19.4. The maximum atomic E-state index is 13.2. The van der Waals surface area contributed by atoms with E-state index in [0.29, 0.717) is 18.4 Å². The summed E-state index contributed by atoms with van der Waals surface area (Å²) in [5, 5.41) is 12.2. The largest absolute Gasteiger partial charge is 0.474 e. The molecule has 0 atom stereocenters. The van der Waals surface area contributed by atoms with Crippen molar-refractivity contribution in [2.24, 2.45) is 11.3 Å². The first-order valence-electron chi connectivity index (χ1n) is 11.2. The van der Waals surface area contributed by atoms with E-state index in [2.05, 4.69) is 40.1 Å². The van der Waals surface area contributed by atoms with Gasteiger partial charge >= 0.3 is 6.18 Å². The maximum Gasteiger partial charge on any atom is 0.451 e. The van der Waals surface area contributed by atoms with Crippen molar-refractivity contribution in [2.75, 3.05) is 18.4 Å². The van der Waals surface area contributed by atoms with Crippen LogP contribution in [0, 0.1) is 22.7 Å². The Morgan fingerprint density at radius 1 is 1.19 bits per heavy atom. The predicted molar refractivity (Wildman–Crippen MR) is 109 cm³/mol. The lowest BCUT2D eigenvalue weighted by Crippen LogP contribution is -2.62. The first kappa shape index (κ1) is 22.1. The molecule has 1 aromatic heterocycles. The summed E-state index contributed by atoms with van der Waals surface area (Å²) in [7, 11) is 0. The zero-order valence-electron chi connectivity index (χ0n) is 18.1. The third-order valence-corrected chi connectivity index (χ3v) is 7.02. The molecular formula is C22H30F3N5O. The van der Waals surface area contributed by atoms with Gasteiger partial charge in [0.15, 0.2) is 0 Å². The number of halogens is 3. The Morgan fingerprint density at radius 3 is 2.42 bits per heavy atom. The second-order valence-corrected chi connectivity index (χ2v) is 9.64. The second-order valence-electron chi connectivity index (χ2n) is 9.64. The quantitative estimate of drug-likeness (QED) is 0.670. The standard InChI is InChI=1S/C22H30F3N5O/c1-14(2)21(9-10-26)12-30(13-21)16-5-7-17(8-6-16)31-19-11-18(27-15-3-4-15)28-20(29-19)22(23,24)25/h11,14-17H,3-9,12-13H2,1-2H3,(H,27,28,29). The number of hydrogen-bond donors (Lipinski definition) is 1. The highest BCUT2D eigenvalue weighted by molar-refractivity contribution is 5.41. The van der Waals surface area contributed by atoms with Gasteiger partial charge in [0.2, 0.25) is 11.7 Å². The van der Waals surface area contributed by atoms with Gasteiger partial charge in [0.25, 0.3) is 0 Å². The van der Waals surface area contributed by atoms with Gasteiger partial charge in [0.1, 0.15) is 11.9 Å². The topological polar surface area (TPSA) is 74.1 Å². The molecule has 1 aliphatic heterocycles. The molecule has 3 fully saturated rings. The number of nitrogens with zero attached hydrogens (tertiary/aromatic N) is 4. The zero-order valence-corrected chi connectivity index (χ0v) is 18.1. The van der Waals surface area contributed by atoms with Crippen molar-refractivity contribution in [3.8, 4) is 11.9 Å². The number of rotatable bonds is 7. The van der Waals surface area contributed by atoms with Crippen molar-refractivity contribution in [3.63, 3.8) is 0 Å². The number of alkyl halides is 3. The molecule has 6 nitrogen and oxygen atoms in total. The highest BCUT2D eigenvalue weighted by Crippen LogP contribution is 2.44. The number of aromatic nitrogens is 2. The van der Waals surface area contributed by atoms with Crippen LogP contribution in [0.2, 0.25) is 0 Å². The van der Waals surface area contributed by atoms with Gasteiger partial charge in [-0.3, -0.25) is 4.90 Å². The van der Waals surface area contributed by atoms with Crippen molar-refractivity contribution < 1.29 is 17.9 Å². The predicted octanol–water partition coefficient (Wildman–Crippen LogP) is 4.63. The van der Waals surface area contributed by atoms with E-state index in [1.807, 2.05) is 0 Å². The smallest absolute Gasteiger partial charge is 0.451 e. The Morgan fingerprint density at radius 2 is 1.87 bits per heavy atom. The molecule has 0 radical (unpaired) electrons. The summed E-state index contributed by atoms with van der Waals surface area (Å²) in [5.74, 6) is -0.519. The number of likely N-dealkylation sites (tertiary alicyclic amines) is 1. The summed E-state index contributed by atoms with van der Waals surface area (Å²) in [6, 6.07) is 4.46. The van der Waals surface area contributed by atoms with E-state index in [4.69, 9.17) is 10.00 Å². The van der Waals surface area contributed by atoms with Crippen LogP contribution < -0.4 is 10.1 Å². The Balaban J connectivity index is 1.33. The number of hydrogen-bond acceptors (Lipinski definition) is 6. The molecule has 170 valence electrons. The Hall–Kier alpha value is -2.08. The van der Waals surface area contributed by atoms with Crippen LogP contribution in [-0.2, 0) is 6.18 Å². The third-order valence-electron chi connectivity index (χ3n) is 7.02. The Kier molecular flexibility index (Phi) is 6.03. The monoisotopic (exact) mass is 437 g/mol. The average Bonchev–Trinajstić information content (AvgIpc) is 3.48. The summed E-state index contributed by atoms with van der Waals surface area (Å²) in [4.78, 5) is 9.70. The molecule has 2 aliphatic carbocycles. The van der Waals surface area contributed by atoms with Crippen molar-refractivity contribution in [1.29, 1.82) is 5.26 Å². The minimum absolute atomic E-state index is 0.00859. The van der Waals surface area contributed by atoms with Gasteiger partial charge in [0.05, 0.1) is 6.07 Å². The number of anilines is 1. The van der Waals surface area contributed by atoms with Crippen LogP contribution in [0.15, 0.2) is 6.07 Å². The normalized spacial score (nSPS) is 26.2. The average molecular weight is 438 g/mol. The zero-order chi connectivity index (χ0) is 22.2. The number of nitrogens with one attached hydrogen (secondary N) is 1. The SMILES string of the molecule is CC(C)C1(CC#N)CN(C2CCC(Oc3cc(NC4CC4)nc(C(F)(F)F)n3)CC2)C1. The van der Waals surface area contributed by atoms with Gasteiger partial charge in [-0.25, -0.2) is 4.98 Å². The van der Waals surface area contributed by atoms with E-state index in [1.165, 1.54) is 6.07 Å². The molecule has 3 aliphatic rings. The fourth-order valence-electron chi connectivity index (χ4n) is 4.68. The van der Waals surface area contributed by atoms with E-state index < -0.39 is 12.0 Å². The van der Waals surface area contributed by atoms with Crippen LogP contribution in [0.3, 0.4) is 0 Å². The summed E-state index contributed by atoms with van der Waals surface area (Å²) in [6.07, 6.45) is 1.16. The van der Waals surface area contributed by atoms with Crippen LogP contribution in [-0.4, -0.2) is 46.1 Å². The van der Waals surface area contributed by atoms with Crippen LogP contribution in [0.5, 0.6) is 5.88 Å². The van der Waals surface area contributed by atoms with Crippen molar-refractivity contribution in [1.82, 2.24) is 14.9 Å². The Labute approximate surface area is 181 Å². The van der Waals surface area contributed by atoms with E-state index >= 15 is 0 Å². The van der Waals surface area contributed by atoms with Crippen molar-refractivity contribution >= 4 is 5.82 Å². The van der Waals surface area contributed by atoms with Crippen LogP contribution in [0.25, 0.3) is 0 Å². The van der Waals surface area contributed by atoms with E-state index in [1.54, 1.807) is 0 Å². The fraction of sp³-hybridized carbons (Fsp3) is 0.773. The molecule has 9 heteroatoms. The summed E-state index contributed by atoms with van der Waals surface area (Å²) >= 11 is 0. The van der Waals surface area contributed by atoms with Gasteiger partial charge in [0, 0.05) is 43.1 Å². The molecule has 2 saturated carbocycles. The summed E-state index contributed by atoms with van der Waals surface area (Å²) < 4.78 is 45.5. The lowest BCUT2D eigenvalue weighted by atomic mass is 9.67. The number of nitriles is 1. The molecule has 0 amide bonds. The van der Waals surface area contributed by atoms with Crippen molar-refractivity contribution in [2.45, 2.75) is 83.2 Å². The number of ether oxygens (including phenoxy) is 1. The molecule has 1 N–H and O–H groups in total.